The molecule has 0 aromatic heterocycles. The van der Waals surface area contributed by atoms with Crippen LogP contribution in [0.15, 0.2) is 78.9 Å². The lowest BCUT2D eigenvalue weighted by Gasteiger charge is -2.14. The van der Waals surface area contributed by atoms with E-state index in [0.29, 0.717) is 6.61 Å². The topological polar surface area (TPSA) is 46.5 Å². The van der Waals surface area contributed by atoms with Gasteiger partial charge in [0.1, 0.15) is 12.4 Å². The Kier molecular flexibility index (Phi) is 8.72. The van der Waals surface area contributed by atoms with Crippen LogP contribution in [0, 0.1) is 5.41 Å². The van der Waals surface area contributed by atoms with Gasteiger partial charge in [0, 0.05) is 5.92 Å². The molecule has 0 heterocycles. The molecule has 2 rings (SSSR count). The highest BCUT2D eigenvalue weighted by Crippen LogP contribution is 2.24. The molecule has 0 aliphatic carbocycles. The first-order chi connectivity index (χ1) is 13.8. The molecule has 2 aromatic rings. The number of aliphatic carboxylic acids is 1. The lowest BCUT2D eigenvalue weighted by molar-refractivity contribution is -0.137. The number of carboxylic acid groups (broad SMARTS) is 1. The Morgan fingerprint density at radius 2 is 1.69 bits per heavy atom. The summed E-state index contributed by atoms with van der Waals surface area (Å²) >= 11 is 0. The highest BCUT2D eigenvalue weighted by atomic mass is 16.5. The molecule has 1 N–H and O–H groups in total. The third kappa shape index (κ3) is 9.29. The minimum absolute atomic E-state index is 0.0705. The van der Waals surface area contributed by atoms with Crippen molar-refractivity contribution in [1.29, 1.82) is 0 Å². The quantitative estimate of drug-likeness (QED) is 0.475. The van der Waals surface area contributed by atoms with Crippen LogP contribution < -0.4 is 4.74 Å². The van der Waals surface area contributed by atoms with Crippen LogP contribution in [0.3, 0.4) is 0 Å². The van der Waals surface area contributed by atoms with Gasteiger partial charge in [-0.05, 0) is 41.5 Å². The molecule has 0 fully saturated rings. The number of hydrogen-bond acceptors (Lipinski definition) is 2. The van der Waals surface area contributed by atoms with E-state index in [1.54, 1.807) is 0 Å². The Bertz CT molecular complexity index is 796. The fraction of sp³-hybridized carbons (Fsp3) is 0.346. The van der Waals surface area contributed by atoms with Crippen molar-refractivity contribution in [2.24, 2.45) is 5.41 Å². The molecule has 0 saturated heterocycles. The molecular formula is C26H32O3. The molecule has 3 nitrogen and oxygen atoms in total. The summed E-state index contributed by atoms with van der Waals surface area (Å²) in [5, 5.41) is 9.27. The van der Waals surface area contributed by atoms with E-state index < -0.39 is 5.97 Å². The first kappa shape index (κ1) is 22.5. The Morgan fingerprint density at radius 3 is 2.31 bits per heavy atom. The van der Waals surface area contributed by atoms with Crippen LogP contribution in [0.1, 0.15) is 50.7 Å². The van der Waals surface area contributed by atoms with Gasteiger partial charge in [-0.1, -0.05) is 87.5 Å². The van der Waals surface area contributed by atoms with Crippen molar-refractivity contribution >= 4 is 5.97 Å². The van der Waals surface area contributed by atoms with Gasteiger partial charge in [-0.2, -0.15) is 0 Å². The van der Waals surface area contributed by atoms with Crippen molar-refractivity contribution in [1.82, 2.24) is 0 Å². The second-order valence-electron chi connectivity index (χ2n) is 8.44. The number of rotatable bonds is 10. The molecule has 0 aliphatic heterocycles. The lowest BCUT2D eigenvalue weighted by Crippen LogP contribution is -2.04. The zero-order chi connectivity index (χ0) is 21.1. The normalized spacial score (nSPS) is 13.1. The number of carboxylic acids is 1. The van der Waals surface area contributed by atoms with Crippen LogP contribution in [0.2, 0.25) is 0 Å². The van der Waals surface area contributed by atoms with Crippen LogP contribution in [0.25, 0.3) is 0 Å². The fourth-order valence-corrected chi connectivity index (χ4v) is 2.93. The summed E-state index contributed by atoms with van der Waals surface area (Å²) in [4.78, 5) is 11.3. The third-order valence-electron chi connectivity index (χ3n) is 4.51. The maximum absolute atomic E-state index is 11.3. The summed E-state index contributed by atoms with van der Waals surface area (Å²) < 4.78 is 5.75. The molecule has 0 spiro atoms. The van der Waals surface area contributed by atoms with Crippen molar-refractivity contribution in [2.45, 2.75) is 46.0 Å². The molecule has 0 radical (unpaired) electrons. The molecule has 1 unspecified atom stereocenters. The maximum Gasteiger partial charge on any atom is 0.304 e. The van der Waals surface area contributed by atoms with Crippen LogP contribution in [0.4, 0.5) is 0 Å². The van der Waals surface area contributed by atoms with E-state index >= 15 is 0 Å². The smallest absolute Gasteiger partial charge is 0.304 e. The highest BCUT2D eigenvalue weighted by molar-refractivity contribution is 5.68. The van der Waals surface area contributed by atoms with Gasteiger partial charge in [-0.3, -0.25) is 4.79 Å². The average molecular weight is 393 g/mol. The minimum Gasteiger partial charge on any atom is -0.490 e. The second kappa shape index (κ2) is 11.3. The fourth-order valence-electron chi connectivity index (χ4n) is 2.93. The van der Waals surface area contributed by atoms with Gasteiger partial charge in [0.05, 0.1) is 6.42 Å². The van der Waals surface area contributed by atoms with Crippen LogP contribution in [0.5, 0.6) is 5.75 Å². The summed E-state index contributed by atoms with van der Waals surface area (Å²) in [6, 6.07) is 17.9. The molecule has 29 heavy (non-hydrogen) atoms. The SMILES string of the molecule is CC(C)(C)C/C=C/COc1ccc(C(/C=C/Cc2ccccc2)CC(=O)O)cc1. The van der Waals surface area contributed by atoms with E-state index in [1.165, 1.54) is 5.56 Å². The van der Waals surface area contributed by atoms with Crippen LogP contribution in [-0.2, 0) is 11.2 Å². The van der Waals surface area contributed by atoms with E-state index in [1.807, 2.05) is 60.7 Å². The van der Waals surface area contributed by atoms with Gasteiger partial charge in [0.15, 0.2) is 0 Å². The molecule has 1 atom stereocenters. The molecule has 0 bridgehead atoms. The first-order valence-electron chi connectivity index (χ1n) is 10.1. The van der Waals surface area contributed by atoms with Crippen molar-refractivity contribution in [3.05, 3.63) is 90.0 Å². The Morgan fingerprint density at radius 1 is 1.00 bits per heavy atom. The zero-order valence-electron chi connectivity index (χ0n) is 17.7. The van der Waals surface area contributed by atoms with Crippen LogP contribution >= 0.6 is 0 Å². The predicted octanol–water partition coefficient (Wildman–Crippen LogP) is 6.42. The summed E-state index contributed by atoms with van der Waals surface area (Å²) in [6.45, 7) is 7.15. The largest absolute Gasteiger partial charge is 0.490 e. The van der Waals surface area contributed by atoms with E-state index in [9.17, 15) is 9.90 Å². The first-order valence-corrected chi connectivity index (χ1v) is 10.1. The van der Waals surface area contributed by atoms with E-state index in [0.717, 1.165) is 24.2 Å². The highest BCUT2D eigenvalue weighted by Gasteiger charge is 2.12. The monoisotopic (exact) mass is 392 g/mol. The van der Waals surface area contributed by atoms with Crippen molar-refractivity contribution in [3.8, 4) is 5.75 Å². The summed E-state index contributed by atoms with van der Waals surface area (Å²) in [6.07, 6.45) is 10.1. The Labute approximate surface area is 174 Å². The van der Waals surface area contributed by atoms with Gasteiger partial charge in [0.2, 0.25) is 0 Å². The van der Waals surface area contributed by atoms with E-state index in [4.69, 9.17) is 4.74 Å². The summed E-state index contributed by atoms with van der Waals surface area (Å²) in [5.74, 6) is -0.169. The second-order valence-corrected chi connectivity index (χ2v) is 8.44. The molecule has 3 heteroatoms. The van der Waals surface area contributed by atoms with Crippen molar-refractivity contribution < 1.29 is 14.6 Å². The maximum atomic E-state index is 11.3. The molecule has 154 valence electrons. The predicted molar refractivity (Wildman–Crippen MR) is 119 cm³/mol. The molecule has 2 aromatic carbocycles. The summed E-state index contributed by atoms with van der Waals surface area (Å²) in [5.41, 5.74) is 2.47. The Hall–Kier alpha value is -2.81. The minimum atomic E-state index is -0.802. The van der Waals surface area contributed by atoms with Gasteiger partial charge < -0.3 is 9.84 Å². The van der Waals surface area contributed by atoms with Gasteiger partial charge in [-0.25, -0.2) is 0 Å². The van der Waals surface area contributed by atoms with E-state index in [2.05, 4.69) is 39.0 Å². The zero-order valence-corrected chi connectivity index (χ0v) is 17.7. The summed E-state index contributed by atoms with van der Waals surface area (Å²) in [7, 11) is 0. The number of hydrogen-bond donors (Lipinski definition) is 1. The Balaban J connectivity index is 1.94. The number of carbonyl (C=O) groups is 1. The third-order valence-corrected chi connectivity index (χ3v) is 4.51. The van der Waals surface area contributed by atoms with Gasteiger partial charge in [-0.15, -0.1) is 0 Å². The lowest BCUT2D eigenvalue weighted by atomic mass is 9.92. The van der Waals surface area contributed by atoms with Crippen molar-refractivity contribution in [2.75, 3.05) is 6.61 Å². The number of benzene rings is 2. The number of allylic oxidation sites excluding steroid dienone is 3. The number of ether oxygens (including phenoxy) is 1. The standard InChI is InChI=1S/C26H32O3/c1-26(2,3)18-7-8-19-29-24-16-14-22(15-17-24)23(20-25(27)28)13-9-12-21-10-5-4-6-11-21/h4-11,13-17,23H,12,18-20H2,1-3H3,(H,27,28)/b8-7+,13-9+. The molecule has 0 aliphatic rings. The van der Waals surface area contributed by atoms with Gasteiger partial charge >= 0.3 is 5.97 Å². The average Bonchev–Trinajstić information content (AvgIpc) is 2.67. The van der Waals surface area contributed by atoms with Crippen molar-refractivity contribution in [3.63, 3.8) is 0 Å². The van der Waals surface area contributed by atoms with Gasteiger partial charge in [0.25, 0.3) is 0 Å². The van der Waals surface area contributed by atoms with Crippen LogP contribution in [-0.4, -0.2) is 17.7 Å². The van der Waals surface area contributed by atoms with E-state index in [-0.39, 0.29) is 17.8 Å². The molecular weight excluding hydrogens is 360 g/mol. The molecule has 0 saturated carbocycles. The molecule has 0 amide bonds.